The molecule has 1 N–H and O–H groups in total. The van der Waals surface area contributed by atoms with Crippen LogP contribution in [-0.2, 0) is 16.1 Å². The quantitative estimate of drug-likeness (QED) is 0.693. The van der Waals surface area contributed by atoms with Gasteiger partial charge in [0.2, 0.25) is 0 Å². The molecule has 2 aromatic rings. The zero-order chi connectivity index (χ0) is 14.7. The van der Waals surface area contributed by atoms with Crippen LogP contribution in [0.3, 0.4) is 0 Å². The normalized spacial score (nSPS) is 16.0. The topological polar surface area (TPSA) is 46.5 Å². The monoisotopic (exact) mass is 278 g/mol. The maximum Gasteiger partial charge on any atom is 0.343 e. The predicted molar refractivity (Wildman–Crippen MR) is 80.9 cm³/mol. The smallest absolute Gasteiger partial charge is 0.343 e. The molecule has 1 heterocycles. The van der Waals surface area contributed by atoms with Crippen molar-refractivity contribution < 1.29 is 14.6 Å². The van der Waals surface area contributed by atoms with Crippen molar-refractivity contribution in [3.05, 3.63) is 82.9 Å². The number of esters is 1. The number of carbonyl (C=O) groups is 1. The summed E-state index contributed by atoms with van der Waals surface area (Å²) < 4.78 is 5.30. The molecule has 3 heteroatoms. The van der Waals surface area contributed by atoms with Gasteiger partial charge in [-0.25, -0.2) is 4.79 Å². The third-order valence-corrected chi connectivity index (χ3v) is 3.27. The fraction of sp³-hybridized carbons (Fsp3) is 0.0556. The molecule has 0 amide bonds. The van der Waals surface area contributed by atoms with Crippen LogP contribution < -0.4 is 0 Å². The van der Waals surface area contributed by atoms with Gasteiger partial charge in [0, 0.05) is 5.56 Å². The lowest BCUT2D eigenvalue weighted by atomic mass is 10.1. The summed E-state index contributed by atoms with van der Waals surface area (Å²) in [5.41, 5.74) is 3.13. The van der Waals surface area contributed by atoms with Crippen molar-refractivity contribution in [1.82, 2.24) is 0 Å². The standard InChI is InChI=1S/C18H14O3/c19-12-14-6-8-15(9-7-14)17-11-16(18(20)21-17)10-13-4-2-1-3-5-13/h1-11,19H,12H2/b16-10+. The Morgan fingerprint density at radius 1 is 1.00 bits per heavy atom. The first-order valence-electron chi connectivity index (χ1n) is 6.67. The molecular weight excluding hydrogens is 264 g/mol. The fourth-order valence-electron chi connectivity index (χ4n) is 2.13. The van der Waals surface area contributed by atoms with Crippen molar-refractivity contribution >= 4 is 17.8 Å². The summed E-state index contributed by atoms with van der Waals surface area (Å²) in [4.78, 5) is 11.9. The fourth-order valence-corrected chi connectivity index (χ4v) is 2.13. The Kier molecular flexibility index (Phi) is 3.67. The minimum atomic E-state index is -0.347. The Morgan fingerprint density at radius 2 is 1.71 bits per heavy atom. The molecule has 104 valence electrons. The van der Waals surface area contributed by atoms with E-state index in [1.807, 2.05) is 54.6 Å². The number of ether oxygens (including phenoxy) is 1. The number of carbonyl (C=O) groups excluding carboxylic acids is 1. The van der Waals surface area contributed by atoms with Crippen LogP contribution in [0.15, 0.2) is 66.2 Å². The summed E-state index contributed by atoms with van der Waals surface area (Å²) in [7, 11) is 0. The van der Waals surface area contributed by atoms with Crippen LogP contribution in [0.1, 0.15) is 16.7 Å². The summed E-state index contributed by atoms with van der Waals surface area (Å²) in [5.74, 6) is 0.187. The SMILES string of the molecule is O=C1OC(c2ccc(CO)cc2)=C/C1=C\c1ccccc1. The van der Waals surface area contributed by atoms with Crippen LogP contribution >= 0.6 is 0 Å². The molecule has 21 heavy (non-hydrogen) atoms. The average Bonchev–Trinajstić information content (AvgIpc) is 2.89. The number of hydrogen-bond acceptors (Lipinski definition) is 3. The van der Waals surface area contributed by atoms with Crippen molar-refractivity contribution in [2.45, 2.75) is 6.61 Å². The summed E-state index contributed by atoms with van der Waals surface area (Å²) >= 11 is 0. The molecule has 0 fully saturated rings. The molecule has 0 unspecified atom stereocenters. The second-order valence-corrected chi connectivity index (χ2v) is 4.76. The molecule has 0 saturated carbocycles. The van der Waals surface area contributed by atoms with Crippen molar-refractivity contribution in [2.24, 2.45) is 0 Å². The lowest BCUT2D eigenvalue weighted by Crippen LogP contribution is -1.97. The number of aliphatic hydroxyl groups excluding tert-OH is 1. The van der Waals surface area contributed by atoms with E-state index in [2.05, 4.69) is 0 Å². The molecule has 2 aromatic carbocycles. The van der Waals surface area contributed by atoms with E-state index in [0.29, 0.717) is 11.3 Å². The second-order valence-electron chi connectivity index (χ2n) is 4.76. The van der Waals surface area contributed by atoms with Gasteiger partial charge in [0.1, 0.15) is 5.76 Å². The summed E-state index contributed by atoms with van der Waals surface area (Å²) in [6.45, 7) is -0.00171. The van der Waals surface area contributed by atoms with E-state index in [1.165, 1.54) is 0 Å². The molecule has 0 spiro atoms. The van der Waals surface area contributed by atoms with E-state index < -0.39 is 0 Å². The van der Waals surface area contributed by atoms with Crippen LogP contribution in [0.4, 0.5) is 0 Å². The molecule has 0 saturated heterocycles. The number of benzene rings is 2. The number of rotatable bonds is 3. The van der Waals surface area contributed by atoms with E-state index in [9.17, 15) is 4.79 Å². The van der Waals surface area contributed by atoms with Gasteiger partial charge in [0.15, 0.2) is 0 Å². The van der Waals surface area contributed by atoms with Gasteiger partial charge in [-0.3, -0.25) is 0 Å². The molecular formula is C18H14O3. The number of hydrogen-bond donors (Lipinski definition) is 1. The molecule has 0 aromatic heterocycles. The highest BCUT2D eigenvalue weighted by Gasteiger charge is 2.21. The lowest BCUT2D eigenvalue weighted by molar-refractivity contribution is -0.130. The Bertz CT molecular complexity index is 710. The summed E-state index contributed by atoms with van der Waals surface area (Å²) in [5, 5.41) is 9.03. The molecule has 3 rings (SSSR count). The van der Waals surface area contributed by atoms with E-state index >= 15 is 0 Å². The van der Waals surface area contributed by atoms with Gasteiger partial charge >= 0.3 is 5.97 Å². The minimum absolute atomic E-state index is 0.00171. The first kappa shape index (κ1) is 13.3. The Balaban J connectivity index is 1.89. The highest BCUT2D eigenvalue weighted by Crippen LogP contribution is 2.27. The first-order chi connectivity index (χ1) is 10.3. The van der Waals surface area contributed by atoms with E-state index in [4.69, 9.17) is 9.84 Å². The van der Waals surface area contributed by atoms with Gasteiger partial charge in [-0.1, -0.05) is 54.6 Å². The Labute approximate surface area is 122 Å². The Morgan fingerprint density at radius 3 is 2.38 bits per heavy atom. The highest BCUT2D eigenvalue weighted by molar-refractivity contribution is 6.05. The van der Waals surface area contributed by atoms with Crippen LogP contribution in [0.2, 0.25) is 0 Å². The van der Waals surface area contributed by atoms with Gasteiger partial charge in [-0.2, -0.15) is 0 Å². The van der Waals surface area contributed by atoms with Crippen molar-refractivity contribution in [3.63, 3.8) is 0 Å². The number of aliphatic hydroxyl groups is 1. The highest BCUT2D eigenvalue weighted by atomic mass is 16.5. The van der Waals surface area contributed by atoms with Crippen molar-refractivity contribution in [3.8, 4) is 0 Å². The zero-order valence-electron chi connectivity index (χ0n) is 11.3. The maximum atomic E-state index is 11.9. The van der Waals surface area contributed by atoms with Crippen LogP contribution in [-0.4, -0.2) is 11.1 Å². The molecule has 0 atom stereocenters. The largest absolute Gasteiger partial charge is 0.422 e. The van der Waals surface area contributed by atoms with E-state index in [0.717, 1.165) is 16.7 Å². The molecule has 0 aliphatic carbocycles. The molecule has 1 aliphatic heterocycles. The third-order valence-electron chi connectivity index (χ3n) is 3.27. The van der Waals surface area contributed by atoms with Crippen LogP contribution in [0.5, 0.6) is 0 Å². The van der Waals surface area contributed by atoms with E-state index in [1.54, 1.807) is 12.2 Å². The zero-order valence-corrected chi connectivity index (χ0v) is 11.3. The summed E-state index contributed by atoms with van der Waals surface area (Å²) in [6, 6.07) is 16.9. The molecule has 3 nitrogen and oxygen atoms in total. The predicted octanol–water partition coefficient (Wildman–Crippen LogP) is 3.16. The van der Waals surface area contributed by atoms with Gasteiger partial charge in [-0.05, 0) is 23.3 Å². The van der Waals surface area contributed by atoms with Gasteiger partial charge in [0.05, 0.1) is 12.2 Å². The maximum absolute atomic E-state index is 11.9. The first-order valence-corrected chi connectivity index (χ1v) is 6.67. The van der Waals surface area contributed by atoms with Gasteiger partial charge in [0.25, 0.3) is 0 Å². The Hall–Kier alpha value is -2.65. The molecule has 0 radical (unpaired) electrons. The average molecular weight is 278 g/mol. The van der Waals surface area contributed by atoms with Crippen molar-refractivity contribution in [2.75, 3.05) is 0 Å². The second kappa shape index (κ2) is 5.77. The molecule has 0 bridgehead atoms. The third kappa shape index (κ3) is 2.93. The lowest BCUT2D eigenvalue weighted by Gasteiger charge is -2.02. The van der Waals surface area contributed by atoms with Crippen LogP contribution in [0.25, 0.3) is 11.8 Å². The van der Waals surface area contributed by atoms with Gasteiger partial charge in [-0.15, -0.1) is 0 Å². The van der Waals surface area contributed by atoms with Gasteiger partial charge < -0.3 is 9.84 Å². The summed E-state index contributed by atoms with van der Waals surface area (Å²) in [6.07, 6.45) is 3.54. The minimum Gasteiger partial charge on any atom is -0.422 e. The van der Waals surface area contributed by atoms with Crippen molar-refractivity contribution in [1.29, 1.82) is 0 Å². The molecule has 1 aliphatic rings. The number of cyclic esters (lactones) is 1. The van der Waals surface area contributed by atoms with Crippen LogP contribution in [0, 0.1) is 0 Å². The van der Waals surface area contributed by atoms with E-state index in [-0.39, 0.29) is 12.6 Å².